The highest BCUT2D eigenvalue weighted by Gasteiger charge is 2.30. The van der Waals surface area contributed by atoms with Gasteiger partial charge in [0.05, 0.1) is 35.4 Å². The molecule has 0 fully saturated rings. The zero-order valence-corrected chi connectivity index (χ0v) is 15.1. The SMILES string of the molecule is CCOC(=O)N1Cc2nc(N)nc(Oc3ccc(Cl)cc3Br)c2C1. The Balaban J connectivity index is 1.90. The summed E-state index contributed by atoms with van der Waals surface area (Å²) in [6.45, 7) is 2.67. The van der Waals surface area contributed by atoms with E-state index in [2.05, 4.69) is 25.9 Å². The fourth-order valence-corrected chi connectivity index (χ4v) is 3.10. The Morgan fingerprint density at radius 2 is 2.21 bits per heavy atom. The highest BCUT2D eigenvalue weighted by molar-refractivity contribution is 9.10. The zero-order chi connectivity index (χ0) is 17.3. The molecule has 1 aliphatic heterocycles. The van der Waals surface area contributed by atoms with Gasteiger partial charge in [0, 0.05) is 5.02 Å². The van der Waals surface area contributed by atoms with E-state index in [0.717, 1.165) is 0 Å². The van der Waals surface area contributed by atoms with E-state index in [0.29, 0.717) is 52.1 Å². The minimum absolute atomic E-state index is 0.0829. The number of aromatic nitrogens is 2. The van der Waals surface area contributed by atoms with Crippen LogP contribution in [0.4, 0.5) is 10.7 Å². The fourth-order valence-electron chi connectivity index (χ4n) is 2.33. The maximum Gasteiger partial charge on any atom is 0.410 e. The van der Waals surface area contributed by atoms with Crippen molar-refractivity contribution >= 4 is 39.6 Å². The molecule has 2 heterocycles. The van der Waals surface area contributed by atoms with Gasteiger partial charge in [0.15, 0.2) is 0 Å². The van der Waals surface area contributed by atoms with E-state index in [1.165, 1.54) is 4.90 Å². The zero-order valence-electron chi connectivity index (χ0n) is 12.8. The molecule has 2 aromatic rings. The quantitative estimate of drug-likeness (QED) is 0.824. The molecule has 0 unspecified atom stereocenters. The predicted molar refractivity (Wildman–Crippen MR) is 91.9 cm³/mol. The Morgan fingerprint density at radius 3 is 2.92 bits per heavy atom. The smallest absolute Gasteiger partial charge is 0.410 e. The van der Waals surface area contributed by atoms with Gasteiger partial charge in [-0.15, -0.1) is 0 Å². The number of carbonyl (C=O) groups is 1. The number of nitrogen functional groups attached to an aromatic ring is 1. The normalized spacial score (nSPS) is 12.9. The number of halogens is 2. The molecular weight excluding hydrogens is 400 g/mol. The summed E-state index contributed by atoms with van der Waals surface area (Å²) in [6, 6.07) is 5.14. The Morgan fingerprint density at radius 1 is 1.42 bits per heavy atom. The third-order valence-electron chi connectivity index (χ3n) is 3.39. The van der Waals surface area contributed by atoms with Crippen LogP contribution < -0.4 is 10.5 Å². The van der Waals surface area contributed by atoms with Crippen LogP contribution in [0.25, 0.3) is 0 Å². The molecule has 0 atom stereocenters. The number of fused-ring (bicyclic) bond motifs is 1. The second kappa shape index (κ2) is 6.82. The number of ether oxygens (including phenoxy) is 2. The van der Waals surface area contributed by atoms with Crippen molar-refractivity contribution in [3.8, 4) is 11.6 Å². The lowest BCUT2D eigenvalue weighted by Crippen LogP contribution is -2.26. The largest absolute Gasteiger partial charge is 0.450 e. The monoisotopic (exact) mass is 412 g/mol. The molecule has 1 aromatic carbocycles. The summed E-state index contributed by atoms with van der Waals surface area (Å²) in [5.41, 5.74) is 7.11. The summed E-state index contributed by atoms with van der Waals surface area (Å²) in [5, 5.41) is 0.579. The molecule has 9 heteroatoms. The summed E-state index contributed by atoms with van der Waals surface area (Å²) in [4.78, 5) is 21.8. The van der Waals surface area contributed by atoms with Gasteiger partial charge in [-0.25, -0.2) is 9.78 Å². The molecule has 1 aromatic heterocycles. The van der Waals surface area contributed by atoms with Crippen LogP contribution in [0, 0.1) is 0 Å². The number of amides is 1. The lowest BCUT2D eigenvalue weighted by atomic mass is 10.2. The number of nitrogens with two attached hydrogens (primary N) is 1. The van der Waals surface area contributed by atoms with Crippen molar-refractivity contribution in [1.82, 2.24) is 14.9 Å². The molecule has 3 rings (SSSR count). The molecule has 1 amide bonds. The third kappa shape index (κ3) is 3.39. The first-order valence-electron chi connectivity index (χ1n) is 7.17. The van der Waals surface area contributed by atoms with E-state index in [9.17, 15) is 4.79 Å². The van der Waals surface area contributed by atoms with E-state index in [1.807, 2.05) is 0 Å². The van der Waals surface area contributed by atoms with Gasteiger partial charge in [0.2, 0.25) is 11.8 Å². The van der Waals surface area contributed by atoms with E-state index in [1.54, 1.807) is 25.1 Å². The molecule has 0 aliphatic carbocycles. The van der Waals surface area contributed by atoms with Gasteiger partial charge in [-0.3, -0.25) is 4.90 Å². The fraction of sp³-hybridized carbons (Fsp3) is 0.267. The maximum atomic E-state index is 11.9. The van der Waals surface area contributed by atoms with Crippen molar-refractivity contribution in [2.24, 2.45) is 0 Å². The van der Waals surface area contributed by atoms with Crippen LogP contribution in [0.15, 0.2) is 22.7 Å². The molecule has 0 saturated heterocycles. The van der Waals surface area contributed by atoms with Crippen LogP contribution >= 0.6 is 27.5 Å². The Labute approximate surface area is 151 Å². The van der Waals surface area contributed by atoms with Gasteiger partial charge in [0.1, 0.15) is 5.75 Å². The Hall–Kier alpha value is -2.06. The van der Waals surface area contributed by atoms with Gasteiger partial charge < -0.3 is 15.2 Å². The first kappa shape index (κ1) is 16.8. The van der Waals surface area contributed by atoms with Crippen LogP contribution in [0.3, 0.4) is 0 Å². The van der Waals surface area contributed by atoms with Gasteiger partial charge in [-0.2, -0.15) is 4.98 Å². The molecule has 0 radical (unpaired) electrons. The van der Waals surface area contributed by atoms with Crippen molar-refractivity contribution in [3.63, 3.8) is 0 Å². The van der Waals surface area contributed by atoms with Gasteiger partial charge in [-0.05, 0) is 41.1 Å². The molecule has 126 valence electrons. The van der Waals surface area contributed by atoms with Crippen LogP contribution in [0.2, 0.25) is 5.02 Å². The minimum Gasteiger partial charge on any atom is -0.450 e. The highest BCUT2D eigenvalue weighted by Crippen LogP contribution is 2.36. The molecular formula is C15H14BrClN4O3. The summed E-state index contributed by atoms with van der Waals surface area (Å²) < 4.78 is 11.6. The van der Waals surface area contributed by atoms with Crippen molar-refractivity contribution in [1.29, 1.82) is 0 Å². The molecule has 7 nitrogen and oxygen atoms in total. The van der Waals surface area contributed by atoms with Gasteiger partial charge in [-0.1, -0.05) is 11.6 Å². The van der Waals surface area contributed by atoms with E-state index in [4.69, 9.17) is 26.8 Å². The molecule has 1 aliphatic rings. The Bertz CT molecular complexity index is 803. The first-order chi connectivity index (χ1) is 11.5. The van der Waals surface area contributed by atoms with Crippen molar-refractivity contribution < 1.29 is 14.3 Å². The summed E-state index contributed by atoms with van der Waals surface area (Å²) >= 11 is 9.32. The molecule has 24 heavy (non-hydrogen) atoms. The first-order valence-corrected chi connectivity index (χ1v) is 8.35. The van der Waals surface area contributed by atoms with E-state index < -0.39 is 6.09 Å². The van der Waals surface area contributed by atoms with Gasteiger partial charge in [0.25, 0.3) is 0 Å². The van der Waals surface area contributed by atoms with Crippen molar-refractivity contribution in [2.45, 2.75) is 20.0 Å². The number of nitrogens with zero attached hydrogens (tertiary/aromatic N) is 3. The summed E-state index contributed by atoms with van der Waals surface area (Å²) in [6.07, 6.45) is -0.410. The van der Waals surface area contributed by atoms with Crippen LogP contribution in [-0.4, -0.2) is 27.6 Å². The number of carbonyl (C=O) groups excluding carboxylic acids is 1. The van der Waals surface area contributed by atoms with Crippen molar-refractivity contribution in [2.75, 3.05) is 12.3 Å². The maximum absolute atomic E-state index is 11.9. The standard InChI is InChI=1S/C15H14BrClN4O3/c1-2-23-15(22)21-6-9-11(7-21)19-14(18)20-13(9)24-12-4-3-8(17)5-10(12)16/h3-5H,2,6-7H2,1H3,(H2,18,19,20). The van der Waals surface area contributed by atoms with E-state index in [-0.39, 0.29) is 5.95 Å². The number of rotatable bonds is 3. The average molecular weight is 414 g/mol. The Kier molecular flexibility index (Phi) is 4.77. The molecule has 2 N–H and O–H groups in total. The van der Waals surface area contributed by atoms with Gasteiger partial charge >= 0.3 is 6.09 Å². The number of anilines is 1. The average Bonchev–Trinajstić information content (AvgIpc) is 2.94. The minimum atomic E-state index is -0.410. The summed E-state index contributed by atoms with van der Waals surface area (Å²) in [5.74, 6) is 0.932. The van der Waals surface area contributed by atoms with Crippen LogP contribution in [0.1, 0.15) is 18.2 Å². The highest BCUT2D eigenvalue weighted by atomic mass is 79.9. The van der Waals surface area contributed by atoms with Crippen LogP contribution in [0.5, 0.6) is 11.6 Å². The molecule has 0 spiro atoms. The van der Waals surface area contributed by atoms with Crippen LogP contribution in [-0.2, 0) is 17.8 Å². The number of hydrogen-bond acceptors (Lipinski definition) is 6. The molecule has 0 bridgehead atoms. The number of hydrogen-bond donors (Lipinski definition) is 1. The van der Waals surface area contributed by atoms with Crippen molar-refractivity contribution in [3.05, 3.63) is 39.0 Å². The molecule has 0 saturated carbocycles. The second-order valence-corrected chi connectivity index (χ2v) is 6.33. The lowest BCUT2D eigenvalue weighted by molar-refractivity contribution is 0.106. The summed E-state index contributed by atoms with van der Waals surface area (Å²) in [7, 11) is 0. The third-order valence-corrected chi connectivity index (χ3v) is 4.24. The second-order valence-electron chi connectivity index (χ2n) is 5.04. The number of benzene rings is 1. The van der Waals surface area contributed by atoms with E-state index >= 15 is 0 Å². The topological polar surface area (TPSA) is 90.6 Å². The lowest BCUT2D eigenvalue weighted by Gasteiger charge is -2.14. The predicted octanol–water partition coefficient (Wildman–Crippen LogP) is 3.74.